The number of sulfonamides is 1. The van der Waals surface area contributed by atoms with Gasteiger partial charge in [0.05, 0.1) is 17.7 Å². The van der Waals surface area contributed by atoms with Crippen LogP contribution in [-0.2, 0) is 23.1 Å². The average molecular weight is 416 g/mol. The van der Waals surface area contributed by atoms with Crippen molar-refractivity contribution in [1.29, 1.82) is 0 Å². The minimum Gasteiger partial charge on any atom is -0.468 e. The number of nitrogens with one attached hydrogen (secondary N) is 1. The summed E-state index contributed by atoms with van der Waals surface area (Å²) in [5, 5.41) is 0. The third kappa shape index (κ3) is 5.30. The van der Waals surface area contributed by atoms with Crippen molar-refractivity contribution in [2.45, 2.75) is 24.9 Å². The van der Waals surface area contributed by atoms with E-state index in [9.17, 15) is 17.6 Å². The molecule has 0 aliphatic carbocycles. The highest BCUT2D eigenvalue weighted by Crippen LogP contribution is 2.15. The zero-order valence-electron chi connectivity index (χ0n) is 15.8. The van der Waals surface area contributed by atoms with Crippen molar-refractivity contribution in [2.24, 2.45) is 0 Å². The number of carbonyl (C=O) groups is 1. The fraction of sp³-hybridized carbons (Fsp3) is 0.190. The van der Waals surface area contributed by atoms with Crippen molar-refractivity contribution < 1.29 is 22.0 Å². The van der Waals surface area contributed by atoms with Crippen molar-refractivity contribution in [3.63, 3.8) is 0 Å². The fourth-order valence-electron chi connectivity index (χ4n) is 2.80. The minimum absolute atomic E-state index is 0.0350. The summed E-state index contributed by atoms with van der Waals surface area (Å²) in [6.07, 6.45) is 1.47. The molecule has 0 unspecified atom stereocenters. The Morgan fingerprint density at radius 2 is 1.86 bits per heavy atom. The lowest BCUT2D eigenvalue weighted by Crippen LogP contribution is -2.30. The number of rotatable bonds is 8. The molecule has 1 amide bonds. The Morgan fingerprint density at radius 1 is 1.10 bits per heavy atom. The van der Waals surface area contributed by atoms with E-state index in [0.29, 0.717) is 23.4 Å². The molecule has 3 aromatic rings. The molecule has 1 aromatic heterocycles. The van der Waals surface area contributed by atoms with Crippen LogP contribution in [0.25, 0.3) is 0 Å². The molecule has 1 heterocycles. The van der Waals surface area contributed by atoms with E-state index in [-0.39, 0.29) is 29.7 Å². The van der Waals surface area contributed by atoms with Crippen LogP contribution in [0, 0.1) is 5.82 Å². The Morgan fingerprint density at radius 3 is 2.48 bits per heavy atom. The second-order valence-corrected chi connectivity index (χ2v) is 8.14. The first-order valence-electron chi connectivity index (χ1n) is 9.05. The van der Waals surface area contributed by atoms with Gasteiger partial charge in [-0.2, -0.15) is 0 Å². The van der Waals surface area contributed by atoms with Gasteiger partial charge in [-0.1, -0.05) is 12.1 Å². The molecular weight excluding hydrogens is 395 g/mol. The summed E-state index contributed by atoms with van der Waals surface area (Å²) in [6, 6.07) is 15.1. The topological polar surface area (TPSA) is 79.6 Å². The van der Waals surface area contributed by atoms with Gasteiger partial charge in [-0.15, -0.1) is 0 Å². The van der Waals surface area contributed by atoms with E-state index in [1.807, 2.05) is 6.92 Å². The number of nitrogens with zero attached hydrogens (tertiary/aromatic N) is 1. The summed E-state index contributed by atoms with van der Waals surface area (Å²) in [4.78, 5) is 14.4. The van der Waals surface area contributed by atoms with Gasteiger partial charge in [0, 0.05) is 18.7 Å². The van der Waals surface area contributed by atoms with Crippen LogP contribution < -0.4 is 4.72 Å². The number of halogens is 1. The molecule has 0 aliphatic rings. The number of benzene rings is 2. The monoisotopic (exact) mass is 416 g/mol. The summed E-state index contributed by atoms with van der Waals surface area (Å²) in [7, 11) is -3.73. The van der Waals surface area contributed by atoms with E-state index in [0.717, 1.165) is 0 Å². The molecule has 0 atom stereocenters. The first-order chi connectivity index (χ1) is 13.9. The number of furan rings is 1. The van der Waals surface area contributed by atoms with E-state index in [1.54, 1.807) is 29.2 Å². The number of carbonyl (C=O) groups excluding carboxylic acids is 1. The van der Waals surface area contributed by atoms with E-state index < -0.39 is 10.0 Å². The SMILES string of the molecule is CCN(Cc1cccc(F)c1)C(=O)c1ccc(S(=O)(=O)NCc2ccco2)cc1. The maximum Gasteiger partial charge on any atom is 0.254 e. The molecular formula is C21H21FN2O4S. The van der Waals surface area contributed by atoms with Gasteiger partial charge < -0.3 is 9.32 Å². The number of hydrogen-bond donors (Lipinski definition) is 1. The van der Waals surface area contributed by atoms with Crippen molar-refractivity contribution in [2.75, 3.05) is 6.54 Å². The van der Waals surface area contributed by atoms with Crippen LogP contribution in [0.15, 0.2) is 76.2 Å². The Labute approximate surface area is 169 Å². The standard InChI is InChI=1S/C21H21FN2O4S/c1-2-24(15-16-5-3-6-18(22)13-16)21(25)17-8-10-20(11-9-17)29(26,27)23-14-19-7-4-12-28-19/h3-13,23H,2,14-15H2,1H3. The lowest BCUT2D eigenvalue weighted by atomic mass is 10.1. The van der Waals surface area contributed by atoms with Crippen molar-refractivity contribution in [3.05, 3.63) is 89.6 Å². The summed E-state index contributed by atoms with van der Waals surface area (Å²) in [6.45, 7) is 2.56. The Hall–Kier alpha value is -2.97. The molecule has 0 bridgehead atoms. The van der Waals surface area contributed by atoms with Crippen LogP contribution >= 0.6 is 0 Å². The normalized spacial score (nSPS) is 11.4. The molecule has 1 N–H and O–H groups in total. The van der Waals surface area contributed by atoms with Gasteiger partial charge in [-0.3, -0.25) is 4.79 Å². The van der Waals surface area contributed by atoms with E-state index in [1.165, 1.54) is 42.7 Å². The Bertz CT molecular complexity index is 1060. The predicted molar refractivity (Wildman–Crippen MR) is 106 cm³/mol. The molecule has 8 heteroatoms. The van der Waals surface area contributed by atoms with Gasteiger partial charge in [0.1, 0.15) is 11.6 Å². The number of hydrogen-bond acceptors (Lipinski definition) is 4. The lowest BCUT2D eigenvalue weighted by Gasteiger charge is -2.21. The highest BCUT2D eigenvalue weighted by atomic mass is 32.2. The van der Waals surface area contributed by atoms with Gasteiger partial charge in [0.25, 0.3) is 5.91 Å². The molecule has 2 aromatic carbocycles. The molecule has 3 rings (SSSR count). The van der Waals surface area contributed by atoms with Gasteiger partial charge in [-0.05, 0) is 61.0 Å². The van der Waals surface area contributed by atoms with Crippen LogP contribution in [0.5, 0.6) is 0 Å². The molecule has 0 spiro atoms. The second kappa shape index (κ2) is 9.02. The molecule has 0 radical (unpaired) electrons. The summed E-state index contributed by atoms with van der Waals surface area (Å²) >= 11 is 0. The van der Waals surface area contributed by atoms with Crippen molar-refractivity contribution in [3.8, 4) is 0 Å². The largest absolute Gasteiger partial charge is 0.468 e. The summed E-state index contributed by atoms with van der Waals surface area (Å²) in [5.74, 6) is -0.122. The summed E-state index contributed by atoms with van der Waals surface area (Å²) < 4.78 is 45.7. The van der Waals surface area contributed by atoms with Crippen LogP contribution in [0.1, 0.15) is 28.6 Å². The molecule has 0 fully saturated rings. The van der Waals surface area contributed by atoms with Crippen molar-refractivity contribution >= 4 is 15.9 Å². The summed E-state index contributed by atoms with van der Waals surface area (Å²) in [5.41, 5.74) is 1.04. The predicted octanol–water partition coefficient (Wildman–Crippen LogP) is 3.56. The lowest BCUT2D eigenvalue weighted by molar-refractivity contribution is 0.0752. The van der Waals surface area contributed by atoms with Gasteiger partial charge >= 0.3 is 0 Å². The third-order valence-corrected chi connectivity index (χ3v) is 5.78. The van der Waals surface area contributed by atoms with Crippen LogP contribution in [0.2, 0.25) is 0 Å². The van der Waals surface area contributed by atoms with Gasteiger partial charge in [-0.25, -0.2) is 17.5 Å². The third-order valence-electron chi connectivity index (χ3n) is 4.36. The zero-order chi connectivity index (χ0) is 20.9. The smallest absolute Gasteiger partial charge is 0.254 e. The first-order valence-corrected chi connectivity index (χ1v) is 10.5. The Balaban J connectivity index is 1.69. The molecule has 29 heavy (non-hydrogen) atoms. The minimum atomic E-state index is -3.73. The van der Waals surface area contributed by atoms with E-state index in [4.69, 9.17) is 4.42 Å². The number of amides is 1. The highest BCUT2D eigenvalue weighted by molar-refractivity contribution is 7.89. The molecule has 0 saturated carbocycles. The van der Waals surface area contributed by atoms with Crippen LogP contribution in [0.4, 0.5) is 4.39 Å². The van der Waals surface area contributed by atoms with Crippen molar-refractivity contribution in [1.82, 2.24) is 9.62 Å². The zero-order valence-corrected chi connectivity index (χ0v) is 16.7. The highest BCUT2D eigenvalue weighted by Gasteiger charge is 2.18. The van der Waals surface area contributed by atoms with Gasteiger partial charge in [0.2, 0.25) is 10.0 Å². The molecule has 0 aliphatic heterocycles. The molecule has 0 saturated heterocycles. The first kappa shape index (κ1) is 20.8. The average Bonchev–Trinajstić information content (AvgIpc) is 3.24. The van der Waals surface area contributed by atoms with E-state index in [2.05, 4.69) is 4.72 Å². The van der Waals surface area contributed by atoms with Crippen LogP contribution in [-0.4, -0.2) is 25.8 Å². The maximum absolute atomic E-state index is 13.4. The fourth-order valence-corrected chi connectivity index (χ4v) is 3.80. The maximum atomic E-state index is 13.4. The van der Waals surface area contributed by atoms with E-state index >= 15 is 0 Å². The quantitative estimate of drug-likeness (QED) is 0.609. The molecule has 6 nitrogen and oxygen atoms in total. The van der Waals surface area contributed by atoms with Gasteiger partial charge in [0.15, 0.2) is 0 Å². The van der Waals surface area contributed by atoms with Crippen LogP contribution in [0.3, 0.4) is 0 Å². The molecule has 152 valence electrons. The second-order valence-electron chi connectivity index (χ2n) is 6.38. The Kier molecular flexibility index (Phi) is 6.46.